The van der Waals surface area contributed by atoms with Gasteiger partial charge in [-0.25, -0.2) is 0 Å². The van der Waals surface area contributed by atoms with Crippen LogP contribution in [0.25, 0.3) is 0 Å². The van der Waals surface area contributed by atoms with Gasteiger partial charge in [0.05, 0.1) is 18.7 Å². The van der Waals surface area contributed by atoms with Gasteiger partial charge in [0.25, 0.3) is 5.91 Å². The third-order valence-electron chi connectivity index (χ3n) is 8.61. The minimum absolute atomic E-state index is 0.134. The number of anilines is 1. The number of aromatic nitrogens is 2. The second kappa shape index (κ2) is 10.8. The lowest BCUT2D eigenvalue weighted by Crippen LogP contribution is -2.39. The summed E-state index contributed by atoms with van der Waals surface area (Å²) in [6.45, 7) is 14.7. The molecule has 1 amide bonds. The molecule has 35 heavy (non-hydrogen) atoms. The molecule has 2 atom stereocenters. The summed E-state index contributed by atoms with van der Waals surface area (Å²) in [5.74, 6) is 4.00. The number of aromatic amines is 1. The molecule has 0 bridgehead atoms. The van der Waals surface area contributed by atoms with Crippen molar-refractivity contribution in [2.75, 3.05) is 18.1 Å². The molecular formula is C28H41ClN4O2. The van der Waals surface area contributed by atoms with Gasteiger partial charge in [-0.15, -0.1) is 5.10 Å². The van der Waals surface area contributed by atoms with Gasteiger partial charge in [-0.2, -0.15) is 0 Å². The lowest BCUT2D eigenvalue weighted by molar-refractivity contribution is 0.0950. The molecule has 4 rings (SSSR count). The molecular weight excluding hydrogens is 460 g/mol. The van der Waals surface area contributed by atoms with Gasteiger partial charge in [0, 0.05) is 34.6 Å². The molecule has 2 aliphatic rings. The van der Waals surface area contributed by atoms with Gasteiger partial charge in [0.1, 0.15) is 0 Å². The number of nitrogens with one attached hydrogen (secondary N) is 2. The number of amides is 1. The lowest BCUT2D eigenvalue weighted by Gasteiger charge is -2.39. The molecule has 1 heterocycles. The molecule has 2 N–H and O–H groups in total. The van der Waals surface area contributed by atoms with Gasteiger partial charge >= 0.3 is 0 Å². The molecule has 1 aromatic carbocycles. The summed E-state index contributed by atoms with van der Waals surface area (Å²) in [4.78, 5) is 15.7. The van der Waals surface area contributed by atoms with E-state index in [0.717, 1.165) is 52.7 Å². The Morgan fingerprint density at radius 3 is 2.46 bits per heavy atom. The van der Waals surface area contributed by atoms with Gasteiger partial charge in [0.15, 0.2) is 0 Å². The second-order valence-corrected chi connectivity index (χ2v) is 10.9. The van der Waals surface area contributed by atoms with Crippen molar-refractivity contribution in [2.45, 2.75) is 79.8 Å². The fourth-order valence-corrected chi connectivity index (χ4v) is 6.55. The number of hydrogen-bond donors (Lipinski definition) is 2. The zero-order chi connectivity index (χ0) is 25.3. The Morgan fingerprint density at radius 2 is 1.86 bits per heavy atom. The van der Waals surface area contributed by atoms with E-state index in [0.29, 0.717) is 35.7 Å². The van der Waals surface area contributed by atoms with Crippen LogP contribution >= 0.6 is 11.6 Å². The van der Waals surface area contributed by atoms with Crippen molar-refractivity contribution in [3.05, 3.63) is 39.5 Å². The normalized spacial score (nSPS) is 25.9. The van der Waals surface area contributed by atoms with E-state index >= 15 is 0 Å². The summed E-state index contributed by atoms with van der Waals surface area (Å²) < 4.78 is 5.59. The summed E-state index contributed by atoms with van der Waals surface area (Å²) in [7, 11) is 0. The van der Waals surface area contributed by atoms with Crippen LogP contribution in [0.1, 0.15) is 80.6 Å². The van der Waals surface area contributed by atoms with E-state index in [1.807, 2.05) is 26.8 Å². The van der Waals surface area contributed by atoms with Gasteiger partial charge < -0.3 is 15.0 Å². The van der Waals surface area contributed by atoms with Crippen LogP contribution in [0.15, 0.2) is 12.1 Å². The number of aryl methyl sites for hydroxylation is 1. The van der Waals surface area contributed by atoms with E-state index in [2.05, 4.69) is 41.2 Å². The third-order valence-corrected chi connectivity index (χ3v) is 8.83. The van der Waals surface area contributed by atoms with Crippen molar-refractivity contribution < 1.29 is 9.53 Å². The van der Waals surface area contributed by atoms with Gasteiger partial charge in [-0.1, -0.05) is 25.4 Å². The smallest absolute Gasteiger partial charge is 0.251 e. The molecule has 0 radical (unpaired) electrons. The van der Waals surface area contributed by atoms with Crippen molar-refractivity contribution in [1.29, 1.82) is 0 Å². The predicted molar refractivity (Wildman–Crippen MR) is 142 cm³/mol. The zero-order valence-electron chi connectivity index (χ0n) is 22.1. The number of rotatable bonds is 9. The van der Waals surface area contributed by atoms with Crippen LogP contribution in [0.3, 0.4) is 0 Å². The summed E-state index contributed by atoms with van der Waals surface area (Å²) in [5.41, 5.74) is 4.44. The zero-order valence-corrected chi connectivity index (χ0v) is 22.8. The third kappa shape index (κ3) is 5.32. The largest absolute Gasteiger partial charge is 0.477 e. The molecule has 1 aromatic heterocycles. The second-order valence-electron chi connectivity index (χ2n) is 10.5. The molecule has 0 aliphatic heterocycles. The number of hydrogen-bond acceptors (Lipinski definition) is 4. The topological polar surface area (TPSA) is 70.2 Å². The average molecular weight is 501 g/mol. The molecule has 2 fully saturated rings. The van der Waals surface area contributed by atoms with Crippen molar-refractivity contribution in [3.63, 3.8) is 0 Å². The molecule has 0 saturated heterocycles. The van der Waals surface area contributed by atoms with Crippen LogP contribution in [0.5, 0.6) is 5.88 Å². The van der Waals surface area contributed by atoms with E-state index in [-0.39, 0.29) is 5.91 Å². The van der Waals surface area contributed by atoms with Crippen molar-refractivity contribution in [2.24, 2.45) is 23.7 Å². The maximum atomic E-state index is 13.3. The first-order valence-electron chi connectivity index (χ1n) is 13.3. The molecule has 7 heteroatoms. The van der Waals surface area contributed by atoms with Crippen LogP contribution < -0.4 is 15.0 Å². The number of H-pyrrole nitrogens is 1. The Labute approximate surface area is 215 Å². The summed E-state index contributed by atoms with van der Waals surface area (Å²) in [6, 6.07) is 4.31. The fourth-order valence-electron chi connectivity index (χ4n) is 6.34. The van der Waals surface area contributed by atoms with E-state index in [1.54, 1.807) is 6.07 Å². The van der Waals surface area contributed by atoms with E-state index in [1.165, 1.54) is 25.7 Å². The molecule has 2 saturated carbocycles. The predicted octanol–water partition coefficient (Wildman–Crippen LogP) is 6.30. The average Bonchev–Trinajstić information content (AvgIpc) is 3.28. The molecule has 192 valence electrons. The summed E-state index contributed by atoms with van der Waals surface area (Å²) >= 11 is 6.56. The van der Waals surface area contributed by atoms with Gasteiger partial charge in [-0.3, -0.25) is 9.89 Å². The molecule has 2 unspecified atom stereocenters. The van der Waals surface area contributed by atoms with E-state index in [9.17, 15) is 4.79 Å². The number of benzene rings is 1. The minimum atomic E-state index is -0.134. The first kappa shape index (κ1) is 25.9. The van der Waals surface area contributed by atoms with E-state index < -0.39 is 0 Å². The Balaban J connectivity index is 1.48. The van der Waals surface area contributed by atoms with Gasteiger partial charge in [0.2, 0.25) is 5.88 Å². The maximum Gasteiger partial charge on any atom is 0.251 e. The number of halogens is 1. The first-order chi connectivity index (χ1) is 16.8. The van der Waals surface area contributed by atoms with Crippen molar-refractivity contribution >= 4 is 23.2 Å². The van der Waals surface area contributed by atoms with Crippen LogP contribution in [0.4, 0.5) is 5.69 Å². The molecule has 0 spiro atoms. The monoisotopic (exact) mass is 500 g/mol. The van der Waals surface area contributed by atoms with Crippen LogP contribution in [-0.4, -0.2) is 35.3 Å². The highest BCUT2D eigenvalue weighted by molar-refractivity contribution is 6.31. The van der Waals surface area contributed by atoms with Crippen molar-refractivity contribution in [3.8, 4) is 5.88 Å². The fraction of sp³-hybridized carbons (Fsp3) is 0.643. The van der Waals surface area contributed by atoms with E-state index in [4.69, 9.17) is 16.3 Å². The number of carbonyl (C=O) groups is 1. The van der Waals surface area contributed by atoms with Crippen LogP contribution in [0, 0.1) is 37.5 Å². The Kier molecular flexibility index (Phi) is 7.99. The highest BCUT2D eigenvalue weighted by Gasteiger charge is 2.48. The number of ether oxygens (including phenoxy) is 1. The Hall–Kier alpha value is -2.21. The number of nitrogens with zero attached hydrogens (tertiary/aromatic N) is 2. The first-order valence-corrected chi connectivity index (χ1v) is 13.7. The molecule has 2 aliphatic carbocycles. The molecule has 2 aromatic rings. The van der Waals surface area contributed by atoms with Crippen LogP contribution in [0.2, 0.25) is 5.02 Å². The Morgan fingerprint density at radius 1 is 1.17 bits per heavy atom. The standard InChI is InChI=1S/C28H41ClN4O2/c1-7-33(22-11-9-20(10-12-22)26-16(3)17(26)4)25-14-21(29)13-23(18(25)5)27(34)30-15-24-19(6)31-32-28(24)35-8-2/h13-14,16-17,20,22,26H,7-12,15H2,1-6H3,(H,30,34)(H,31,32). The lowest BCUT2D eigenvalue weighted by atomic mass is 9.81. The summed E-state index contributed by atoms with van der Waals surface area (Å²) in [5, 5.41) is 10.8. The molecule has 6 nitrogen and oxygen atoms in total. The summed E-state index contributed by atoms with van der Waals surface area (Å²) in [6.07, 6.45) is 5.03. The Bertz CT molecular complexity index is 1040. The van der Waals surface area contributed by atoms with Crippen molar-refractivity contribution in [1.82, 2.24) is 15.5 Å². The quantitative estimate of drug-likeness (QED) is 0.424. The SMILES string of the molecule is CCOc1n[nH]c(C)c1CNC(=O)c1cc(Cl)cc(N(CC)C2CCC(C3C(C)C3C)CC2)c1C. The van der Waals surface area contributed by atoms with Crippen LogP contribution in [-0.2, 0) is 6.54 Å². The highest BCUT2D eigenvalue weighted by atomic mass is 35.5. The minimum Gasteiger partial charge on any atom is -0.477 e. The maximum absolute atomic E-state index is 13.3. The number of carbonyl (C=O) groups excluding carboxylic acids is 1. The van der Waals surface area contributed by atoms with Gasteiger partial charge in [-0.05, 0) is 94.7 Å². The highest BCUT2D eigenvalue weighted by Crippen LogP contribution is 2.54.